The molecule has 0 saturated heterocycles. The van der Waals surface area contributed by atoms with Crippen LogP contribution < -0.4 is 10.1 Å². The van der Waals surface area contributed by atoms with Gasteiger partial charge in [-0.15, -0.1) is 0 Å². The lowest BCUT2D eigenvalue weighted by molar-refractivity contribution is -0.131. The second kappa shape index (κ2) is 11.5. The fraction of sp³-hybridized carbons (Fsp3) is 0.375. The van der Waals surface area contributed by atoms with Crippen LogP contribution in [0.5, 0.6) is 11.5 Å². The number of hydrogen-bond donors (Lipinski definition) is 1. The van der Waals surface area contributed by atoms with Crippen LogP contribution in [0.1, 0.15) is 55.5 Å². The molecule has 1 aliphatic carbocycles. The van der Waals surface area contributed by atoms with Crippen molar-refractivity contribution in [1.29, 1.82) is 0 Å². The number of carbonyl (C=O) groups excluding carboxylic acids is 1. The van der Waals surface area contributed by atoms with Crippen molar-refractivity contribution in [3.63, 3.8) is 0 Å². The summed E-state index contributed by atoms with van der Waals surface area (Å²) < 4.78 is 59.9. The van der Waals surface area contributed by atoms with Crippen LogP contribution in [0.3, 0.4) is 0 Å². The Hall–Kier alpha value is -3.88. The standard InChI is InChI=1S/C32H33F4N3O2/c1-4-21(27-13-20(27)3)14-30(40)26-9-8-22(12-19(26)2)29-17-38-31-28(37-11-10-32(34,35)36)16-25(18-39(29)31)41-24-7-5-6-23(33)15-24/h5-9,12,15-18,20-21,27,37H,4,10-11,13-14H2,1-3H3. The molecule has 5 nitrogen and oxygen atoms in total. The van der Waals surface area contributed by atoms with E-state index < -0.39 is 18.4 Å². The van der Waals surface area contributed by atoms with Crippen molar-refractivity contribution in [2.45, 2.75) is 52.6 Å². The number of nitrogens with zero attached hydrogens (tertiary/aromatic N) is 2. The number of benzene rings is 2. The lowest BCUT2D eigenvalue weighted by Crippen LogP contribution is -2.15. The van der Waals surface area contributed by atoms with Crippen molar-refractivity contribution in [2.24, 2.45) is 17.8 Å². The zero-order valence-corrected chi connectivity index (χ0v) is 23.3. The molecule has 1 aliphatic rings. The molecule has 9 heteroatoms. The van der Waals surface area contributed by atoms with Gasteiger partial charge in [0, 0.05) is 36.2 Å². The van der Waals surface area contributed by atoms with Crippen molar-refractivity contribution in [3.8, 4) is 22.8 Å². The Labute approximate surface area is 236 Å². The second-order valence-corrected chi connectivity index (χ2v) is 11.0. The Balaban J connectivity index is 1.46. The van der Waals surface area contributed by atoms with E-state index in [1.54, 1.807) is 28.9 Å². The summed E-state index contributed by atoms with van der Waals surface area (Å²) in [5.74, 6) is 1.92. The van der Waals surface area contributed by atoms with Gasteiger partial charge in [-0.1, -0.05) is 38.5 Å². The molecule has 2 heterocycles. The first-order chi connectivity index (χ1) is 19.5. The number of carbonyl (C=O) groups is 1. The normalized spacial score (nSPS) is 17.4. The zero-order valence-electron chi connectivity index (χ0n) is 23.3. The summed E-state index contributed by atoms with van der Waals surface area (Å²) in [6, 6.07) is 12.8. The van der Waals surface area contributed by atoms with E-state index in [1.165, 1.54) is 24.6 Å². The quantitative estimate of drug-likeness (QED) is 0.145. The average molecular weight is 568 g/mol. The highest BCUT2D eigenvalue weighted by molar-refractivity contribution is 5.98. The van der Waals surface area contributed by atoms with Gasteiger partial charge in [0.2, 0.25) is 0 Å². The van der Waals surface area contributed by atoms with E-state index in [4.69, 9.17) is 4.74 Å². The van der Waals surface area contributed by atoms with Gasteiger partial charge in [-0.25, -0.2) is 9.37 Å². The smallest absolute Gasteiger partial charge is 0.390 e. The minimum atomic E-state index is -4.32. The number of aromatic nitrogens is 2. The Morgan fingerprint density at radius 1 is 1.17 bits per heavy atom. The van der Waals surface area contributed by atoms with Crippen molar-refractivity contribution < 1.29 is 27.1 Å². The highest BCUT2D eigenvalue weighted by Gasteiger charge is 2.39. The molecule has 2 aromatic carbocycles. The summed E-state index contributed by atoms with van der Waals surface area (Å²) in [5.41, 5.74) is 3.76. The number of anilines is 1. The fourth-order valence-electron chi connectivity index (χ4n) is 5.56. The van der Waals surface area contributed by atoms with Gasteiger partial charge < -0.3 is 10.1 Å². The Bertz CT molecular complexity index is 1560. The van der Waals surface area contributed by atoms with Gasteiger partial charge in [0.15, 0.2) is 11.4 Å². The van der Waals surface area contributed by atoms with E-state index in [-0.39, 0.29) is 18.1 Å². The lowest BCUT2D eigenvalue weighted by atomic mass is 9.89. The Morgan fingerprint density at radius 2 is 1.95 bits per heavy atom. The molecule has 1 saturated carbocycles. The average Bonchev–Trinajstić information content (AvgIpc) is 3.47. The number of nitrogens with one attached hydrogen (secondary N) is 1. The largest absolute Gasteiger partial charge is 0.456 e. The maximum atomic E-state index is 13.8. The summed E-state index contributed by atoms with van der Waals surface area (Å²) in [5, 5.41) is 2.82. The maximum absolute atomic E-state index is 13.8. The van der Waals surface area contributed by atoms with Crippen LogP contribution in [-0.4, -0.2) is 27.9 Å². The summed E-state index contributed by atoms with van der Waals surface area (Å²) in [6.07, 6.45) is 0.673. The van der Waals surface area contributed by atoms with Crippen LogP contribution >= 0.6 is 0 Å². The molecule has 0 spiro atoms. The van der Waals surface area contributed by atoms with Crippen molar-refractivity contribution in [1.82, 2.24) is 9.38 Å². The minimum Gasteiger partial charge on any atom is -0.456 e. The number of aryl methyl sites for hydroxylation is 1. The number of hydrogen-bond acceptors (Lipinski definition) is 4. The first-order valence-electron chi connectivity index (χ1n) is 13.9. The van der Waals surface area contributed by atoms with Gasteiger partial charge in [0.05, 0.1) is 30.2 Å². The number of imidazole rings is 1. The third-order valence-corrected chi connectivity index (χ3v) is 7.91. The third-order valence-electron chi connectivity index (χ3n) is 7.91. The Kier molecular flexibility index (Phi) is 8.07. The summed E-state index contributed by atoms with van der Waals surface area (Å²) in [7, 11) is 0. The molecule has 3 atom stereocenters. The number of pyridine rings is 1. The predicted octanol–water partition coefficient (Wildman–Crippen LogP) is 8.86. The molecule has 2 aromatic heterocycles. The predicted molar refractivity (Wildman–Crippen MR) is 151 cm³/mol. The number of rotatable bonds is 11. The van der Waals surface area contributed by atoms with E-state index in [0.29, 0.717) is 52.5 Å². The van der Waals surface area contributed by atoms with Crippen LogP contribution in [-0.2, 0) is 0 Å². The monoisotopic (exact) mass is 567 g/mol. The van der Waals surface area contributed by atoms with E-state index in [1.807, 2.05) is 25.1 Å². The van der Waals surface area contributed by atoms with Crippen molar-refractivity contribution in [3.05, 3.63) is 77.9 Å². The summed E-state index contributed by atoms with van der Waals surface area (Å²) in [4.78, 5) is 17.7. The maximum Gasteiger partial charge on any atom is 0.390 e. The van der Waals surface area contributed by atoms with Gasteiger partial charge in [-0.2, -0.15) is 13.2 Å². The number of Topliss-reactive ketones (excluding diaryl/α,β-unsaturated/α-hetero) is 1. The number of halogens is 4. The van der Waals surface area contributed by atoms with Gasteiger partial charge >= 0.3 is 6.18 Å². The number of alkyl halides is 3. The molecule has 0 bridgehead atoms. The molecular weight excluding hydrogens is 534 g/mol. The molecule has 0 radical (unpaired) electrons. The lowest BCUT2D eigenvalue weighted by Gasteiger charge is -2.15. The second-order valence-electron chi connectivity index (χ2n) is 11.0. The van der Waals surface area contributed by atoms with Crippen LogP contribution in [0.25, 0.3) is 16.9 Å². The van der Waals surface area contributed by atoms with Crippen LogP contribution in [0.2, 0.25) is 0 Å². The first kappa shape index (κ1) is 28.6. The van der Waals surface area contributed by atoms with E-state index in [2.05, 4.69) is 24.1 Å². The third kappa shape index (κ3) is 6.72. The SMILES string of the molecule is CCC(CC(=O)c1ccc(-c2cnc3c(NCCC(F)(F)F)cc(Oc4cccc(F)c4)cn23)cc1C)C1CC1C. The van der Waals surface area contributed by atoms with Crippen LogP contribution in [0.15, 0.2) is 60.9 Å². The van der Waals surface area contributed by atoms with E-state index in [9.17, 15) is 22.4 Å². The van der Waals surface area contributed by atoms with Crippen LogP contribution in [0, 0.1) is 30.5 Å². The number of ether oxygens (including phenoxy) is 1. The number of fused-ring (bicyclic) bond motifs is 1. The molecule has 41 heavy (non-hydrogen) atoms. The summed E-state index contributed by atoms with van der Waals surface area (Å²) >= 11 is 0. The molecule has 1 N–H and O–H groups in total. The molecule has 0 amide bonds. The van der Waals surface area contributed by atoms with Crippen molar-refractivity contribution in [2.75, 3.05) is 11.9 Å². The topological polar surface area (TPSA) is 55.6 Å². The fourth-order valence-corrected chi connectivity index (χ4v) is 5.56. The van der Waals surface area contributed by atoms with Crippen molar-refractivity contribution >= 4 is 17.1 Å². The molecule has 4 aromatic rings. The molecule has 216 valence electrons. The van der Waals surface area contributed by atoms with Gasteiger partial charge in [-0.3, -0.25) is 9.20 Å². The number of ketones is 1. The highest BCUT2D eigenvalue weighted by Crippen LogP contribution is 2.46. The zero-order chi connectivity index (χ0) is 29.3. The van der Waals surface area contributed by atoms with Gasteiger partial charge in [0.1, 0.15) is 17.3 Å². The molecule has 0 aliphatic heterocycles. The van der Waals surface area contributed by atoms with Gasteiger partial charge in [-0.05, 0) is 54.9 Å². The molecular formula is C32H33F4N3O2. The van der Waals surface area contributed by atoms with E-state index >= 15 is 0 Å². The van der Waals surface area contributed by atoms with Gasteiger partial charge in [0.25, 0.3) is 0 Å². The summed E-state index contributed by atoms with van der Waals surface area (Å²) in [6.45, 7) is 5.93. The van der Waals surface area contributed by atoms with Crippen LogP contribution in [0.4, 0.5) is 23.2 Å². The van der Waals surface area contributed by atoms with E-state index in [0.717, 1.165) is 17.5 Å². The molecule has 3 unspecified atom stereocenters. The Morgan fingerprint density at radius 3 is 2.61 bits per heavy atom. The minimum absolute atomic E-state index is 0.139. The first-order valence-corrected chi connectivity index (χ1v) is 13.9. The molecule has 1 fully saturated rings. The molecule has 5 rings (SSSR count). The highest BCUT2D eigenvalue weighted by atomic mass is 19.4.